The molecule has 1 amide bonds. The van der Waals surface area contributed by atoms with Crippen LogP contribution in [0.5, 0.6) is 0 Å². The Morgan fingerprint density at radius 3 is 2.71 bits per heavy atom. The van der Waals surface area contributed by atoms with E-state index in [1.165, 1.54) is 12.8 Å². The fourth-order valence-electron chi connectivity index (χ4n) is 2.61. The Balaban J connectivity index is 1.91. The number of carbonyl (C=O) groups is 1. The van der Waals surface area contributed by atoms with E-state index in [4.69, 9.17) is 4.74 Å². The molecule has 0 heterocycles. The Labute approximate surface area is 127 Å². The molecule has 0 bridgehead atoms. The minimum Gasteiger partial charge on any atom is -0.385 e. The summed E-state index contributed by atoms with van der Waals surface area (Å²) in [5.74, 6) is 0.0271. The molecule has 1 aromatic carbocycles. The van der Waals surface area contributed by atoms with Crippen molar-refractivity contribution in [3.05, 3.63) is 29.3 Å². The normalized spacial score (nSPS) is 15.6. The molecule has 0 unspecified atom stereocenters. The number of ether oxygens (including phenoxy) is 1. The van der Waals surface area contributed by atoms with E-state index in [9.17, 15) is 4.79 Å². The minimum atomic E-state index is 0.0271. The van der Waals surface area contributed by atoms with Crippen LogP contribution >= 0.6 is 0 Å². The standard InChI is InChI=1S/C17H26N2O2/c1-4-18-14-5-6-15(13(2)11-14)16(20)19-12-17(7-8-17)9-10-21-3/h5-6,11,18H,4,7-10,12H2,1-3H3,(H,19,20). The molecule has 2 rings (SSSR count). The van der Waals surface area contributed by atoms with Crippen LogP contribution in [0, 0.1) is 12.3 Å². The molecule has 1 aliphatic rings. The van der Waals surface area contributed by atoms with Crippen molar-refractivity contribution < 1.29 is 9.53 Å². The molecule has 0 spiro atoms. The molecule has 116 valence electrons. The summed E-state index contributed by atoms with van der Waals surface area (Å²) in [6, 6.07) is 5.89. The van der Waals surface area contributed by atoms with Gasteiger partial charge in [0.1, 0.15) is 0 Å². The molecular formula is C17H26N2O2. The molecular weight excluding hydrogens is 264 g/mol. The lowest BCUT2D eigenvalue weighted by molar-refractivity contribution is 0.0937. The van der Waals surface area contributed by atoms with Crippen molar-refractivity contribution in [3.63, 3.8) is 0 Å². The van der Waals surface area contributed by atoms with E-state index >= 15 is 0 Å². The Morgan fingerprint density at radius 1 is 1.38 bits per heavy atom. The van der Waals surface area contributed by atoms with Crippen molar-refractivity contribution in [1.29, 1.82) is 0 Å². The quantitative estimate of drug-likeness (QED) is 0.774. The first-order valence-electron chi connectivity index (χ1n) is 7.72. The van der Waals surface area contributed by atoms with Crippen LogP contribution in [0.15, 0.2) is 18.2 Å². The average Bonchev–Trinajstić information content (AvgIpc) is 3.24. The number of methoxy groups -OCH3 is 1. The molecule has 0 radical (unpaired) electrons. The fourth-order valence-corrected chi connectivity index (χ4v) is 2.61. The van der Waals surface area contributed by atoms with E-state index in [-0.39, 0.29) is 11.3 Å². The van der Waals surface area contributed by atoms with Crippen LogP contribution < -0.4 is 10.6 Å². The van der Waals surface area contributed by atoms with Gasteiger partial charge in [0.15, 0.2) is 0 Å². The molecule has 0 aromatic heterocycles. The van der Waals surface area contributed by atoms with Gasteiger partial charge in [-0.3, -0.25) is 4.79 Å². The van der Waals surface area contributed by atoms with Gasteiger partial charge in [-0.2, -0.15) is 0 Å². The number of aryl methyl sites for hydroxylation is 1. The summed E-state index contributed by atoms with van der Waals surface area (Å²) in [6.07, 6.45) is 3.41. The predicted octanol–water partition coefficient (Wildman–Crippen LogP) is 2.97. The van der Waals surface area contributed by atoms with Crippen molar-refractivity contribution in [2.75, 3.05) is 32.1 Å². The second-order valence-corrected chi connectivity index (χ2v) is 5.99. The summed E-state index contributed by atoms with van der Waals surface area (Å²) in [6.45, 7) is 6.45. The third-order valence-electron chi connectivity index (χ3n) is 4.27. The summed E-state index contributed by atoms with van der Waals surface area (Å²) in [7, 11) is 1.73. The van der Waals surface area contributed by atoms with Gasteiger partial charge >= 0.3 is 0 Å². The van der Waals surface area contributed by atoms with Gasteiger partial charge in [-0.1, -0.05) is 0 Å². The van der Waals surface area contributed by atoms with Crippen LogP contribution in [-0.2, 0) is 4.74 Å². The molecule has 1 aromatic rings. The van der Waals surface area contributed by atoms with E-state index < -0.39 is 0 Å². The molecule has 1 saturated carbocycles. The number of hydrogen-bond acceptors (Lipinski definition) is 3. The zero-order chi connectivity index (χ0) is 15.3. The van der Waals surface area contributed by atoms with E-state index in [2.05, 4.69) is 17.6 Å². The van der Waals surface area contributed by atoms with E-state index in [0.717, 1.165) is 42.9 Å². The van der Waals surface area contributed by atoms with Crippen LogP contribution in [0.3, 0.4) is 0 Å². The zero-order valence-corrected chi connectivity index (χ0v) is 13.3. The van der Waals surface area contributed by atoms with Gasteiger partial charge in [0, 0.05) is 38.1 Å². The average molecular weight is 290 g/mol. The highest BCUT2D eigenvalue weighted by molar-refractivity contribution is 5.96. The van der Waals surface area contributed by atoms with Gasteiger partial charge in [-0.25, -0.2) is 0 Å². The van der Waals surface area contributed by atoms with Crippen LogP contribution in [0.2, 0.25) is 0 Å². The zero-order valence-electron chi connectivity index (χ0n) is 13.3. The molecule has 21 heavy (non-hydrogen) atoms. The molecule has 4 nitrogen and oxygen atoms in total. The maximum atomic E-state index is 12.3. The van der Waals surface area contributed by atoms with Crippen molar-refractivity contribution in [1.82, 2.24) is 5.32 Å². The second kappa shape index (κ2) is 6.94. The number of carbonyl (C=O) groups excluding carboxylic acids is 1. The lowest BCUT2D eigenvalue weighted by atomic mass is 10.0. The van der Waals surface area contributed by atoms with Gasteiger partial charge in [0.05, 0.1) is 0 Å². The lowest BCUT2D eigenvalue weighted by Gasteiger charge is -2.16. The SMILES string of the molecule is CCNc1ccc(C(=O)NCC2(CCOC)CC2)c(C)c1. The monoisotopic (exact) mass is 290 g/mol. The van der Waals surface area contributed by atoms with Gasteiger partial charge in [0.25, 0.3) is 5.91 Å². The summed E-state index contributed by atoms with van der Waals surface area (Å²) in [4.78, 5) is 12.3. The van der Waals surface area contributed by atoms with Crippen LogP contribution in [-0.4, -0.2) is 32.7 Å². The van der Waals surface area contributed by atoms with Gasteiger partial charge in [-0.15, -0.1) is 0 Å². The van der Waals surface area contributed by atoms with Crippen molar-refractivity contribution in [2.45, 2.75) is 33.1 Å². The van der Waals surface area contributed by atoms with Gasteiger partial charge in [-0.05, 0) is 62.3 Å². The maximum Gasteiger partial charge on any atom is 0.251 e. The maximum absolute atomic E-state index is 12.3. The van der Waals surface area contributed by atoms with Crippen LogP contribution in [0.4, 0.5) is 5.69 Å². The van der Waals surface area contributed by atoms with E-state index in [1.807, 2.05) is 25.1 Å². The number of hydrogen-bond donors (Lipinski definition) is 2. The fraction of sp³-hybridized carbons (Fsp3) is 0.588. The lowest BCUT2D eigenvalue weighted by Crippen LogP contribution is -2.31. The molecule has 4 heteroatoms. The molecule has 0 atom stereocenters. The first kappa shape index (κ1) is 15.8. The molecule has 0 saturated heterocycles. The highest BCUT2D eigenvalue weighted by Gasteiger charge is 2.42. The van der Waals surface area contributed by atoms with Gasteiger partial charge in [0.2, 0.25) is 0 Å². The topological polar surface area (TPSA) is 50.4 Å². The Bertz CT molecular complexity index is 496. The third kappa shape index (κ3) is 4.21. The predicted molar refractivity (Wildman–Crippen MR) is 85.8 cm³/mol. The summed E-state index contributed by atoms with van der Waals surface area (Å²) in [5.41, 5.74) is 3.11. The number of rotatable bonds is 8. The largest absolute Gasteiger partial charge is 0.385 e. The number of nitrogens with one attached hydrogen (secondary N) is 2. The Kier molecular flexibility index (Phi) is 5.23. The van der Waals surface area contributed by atoms with E-state index in [0.29, 0.717) is 0 Å². The molecule has 1 fully saturated rings. The highest BCUT2D eigenvalue weighted by Crippen LogP contribution is 2.48. The van der Waals surface area contributed by atoms with Crippen molar-refractivity contribution in [2.24, 2.45) is 5.41 Å². The number of benzene rings is 1. The number of amides is 1. The summed E-state index contributed by atoms with van der Waals surface area (Å²) in [5, 5.41) is 6.35. The first-order valence-corrected chi connectivity index (χ1v) is 7.72. The molecule has 0 aliphatic heterocycles. The van der Waals surface area contributed by atoms with Gasteiger partial charge < -0.3 is 15.4 Å². The molecule has 1 aliphatic carbocycles. The van der Waals surface area contributed by atoms with E-state index in [1.54, 1.807) is 7.11 Å². The Morgan fingerprint density at radius 2 is 2.14 bits per heavy atom. The van der Waals surface area contributed by atoms with Crippen molar-refractivity contribution >= 4 is 11.6 Å². The minimum absolute atomic E-state index is 0.0271. The second-order valence-electron chi connectivity index (χ2n) is 5.99. The highest BCUT2D eigenvalue weighted by atomic mass is 16.5. The smallest absolute Gasteiger partial charge is 0.251 e. The summed E-state index contributed by atoms with van der Waals surface area (Å²) >= 11 is 0. The summed E-state index contributed by atoms with van der Waals surface area (Å²) < 4.78 is 5.14. The van der Waals surface area contributed by atoms with Crippen LogP contribution in [0.25, 0.3) is 0 Å². The Hall–Kier alpha value is -1.55. The number of anilines is 1. The molecule has 2 N–H and O–H groups in total. The first-order chi connectivity index (χ1) is 10.1. The third-order valence-corrected chi connectivity index (χ3v) is 4.27. The van der Waals surface area contributed by atoms with Crippen molar-refractivity contribution in [3.8, 4) is 0 Å². The van der Waals surface area contributed by atoms with Crippen LogP contribution in [0.1, 0.15) is 42.1 Å².